The van der Waals surface area contributed by atoms with Gasteiger partial charge in [-0.25, -0.2) is 0 Å². The molecule has 4 fully saturated rings. The van der Waals surface area contributed by atoms with E-state index >= 15 is 0 Å². The highest BCUT2D eigenvalue weighted by molar-refractivity contribution is 5.87. The molecule has 0 amide bonds. The average Bonchev–Trinajstić information content (AvgIpc) is 3.37. The molecule has 0 spiro atoms. The Morgan fingerprint density at radius 1 is 0.614 bits per heavy atom. The lowest BCUT2D eigenvalue weighted by atomic mass is 9.43. The number of ether oxygens (including phenoxy) is 3. The van der Waals surface area contributed by atoms with E-state index in [4.69, 9.17) is 14.2 Å². The van der Waals surface area contributed by atoms with E-state index in [1.54, 1.807) is 0 Å². The maximum absolute atomic E-state index is 13.4. The Kier molecular flexibility index (Phi) is 8.52. The summed E-state index contributed by atoms with van der Waals surface area (Å²) in [7, 11) is 0. The number of fused-ring (bicyclic) bond motifs is 5. The van der Waals surface area contributed by atoms with Crippen LogP contribution in [0, 0.1) is 34.5 Å². The van der Waals surface area contributed by atoms with Crippen LogP contribution in [-0.4, -0.2) is 24.1 Å². The molecule has 4 nitrogen and oxygen atoms in total. The molecule has 44 heavy (non-hydrogen) atoms. The molecule has 232 valence electrons. The first-order valence-electron chi connectivity index (χ1n) is 17.0. The van der Waals surface area contributed by atoms with Gasteiger partial charge in [-0.05, 0) is 84.3 Å². The number of rotatable bonds is 9. The fourth-order valence-electron chi connectivity index (χ4n) is 9.83. The van der Waals surface area contributed by atoms with Gasteiger partial charge in [-0.15, -0.1) is 0 Å². The summed E-state index contributed by atoms with van der Waals surface area (Å²) in [5, 5.41) is 0. The van der Waals surface area contributed by atoms with E-state index in [-0.39, 0.29) is 29.1 Å². The third-order valence-electron chi connectivity index (χ3n) is 12.3. The maximum Gasteiger partial charge on any atom is 0.139 e. The summed E-state index contributed by atoms with van der Waals surface area (Å²) in [6, 6.07) is 31.7. The molecule has 0 saturated heterocycles. The Labute approximate surface area is 263 Å². The predicted octanol–water partition coefficient (Wildman–Crippen LogP) is 8.57. The van der Waals surface area contributed by atoms with Crippen LogP contribution in [0.25, 0.3) is 0 Å². The van der Waals surface area contributed by atoms with Gasteiger partial charge in [0, 0.05) is 11.8 Å². The second-order valence-electron chi connectivity index (χ2n) is 14.5. The second kappa shape index (κ2) is 12.5. The van der Waals surface area contributed by atoms with Gasteiger partial charge >= 0.3 is 0 Å². The molecule has 0 aromatic heterocycles. The van der Waals surface area contributed by atoms with Crippen LogP contribution in [0.15, 0.2) is 91.0 Å². The number of ketones is 1. The topological polar surface area (TPSA) is 44.8 Å². The van der Waals surface area contributed by atoms with Crippen LogP contribution < -0.4 is 0 Å². The van der Waals surface area contributed by atoms with Crippen molar-refractivity contribution in [3.05, 3.63) is 108 Å². The number of carbonyl (C=O) groups is 1. The highest BCUT2D eigenvalue weighted by Crippen LogP contribution is 2.66. The van der Waals surface area contributed by atoms with Crippen LogP contribution in [0.3, 0.4) is 0 Å². The largest absolute Gasteiger partial charge is 0.374 e. The first-order chi connectivity index (χ1) is 21.5. The SMILES string of the molecule is C[C@]12CC[C@@H](OCc3ccccc3)CC1[C@@H](OCc1ccccc1)[C@H](OCc1ccccc1)C1C2CC[C@]2(C)C(=O)CCC12. The predicted molar refractivity (Wildman–Crippen MR) is 173 cm³/mol. The summed E-state index contributed by atoms with van der Waals surface area (Å²) in [5.74, 6) is 1.97. The van der Waals surface area contributed by atoms with Crippen molar-refractivity contribution >= 4 is 5.78 Å². The van der Waals surface area contributed by atoms with Crippen molar-refractivity contribution in [1.29, 1.82) is 0 Å². The van der Waals surface area contributed by atoms with E-state index in [2.05, 4.69) is 105 Å². The normalized spacial score (nSPS) is 36.3. The number of hydrogen-bond donors (Lipinski definition) is 0. The summed E-state index contributed by atoms with van der Waals surface area (Å²) in [5.41, 5.74) is 3.49. The van der Waals surface area contributed by atoms with E-state index < -0.39 is 0 Å². The lowest BCUT2D eigenvalue weighted by Gasteiger charge is -2.64. The Hall–Kier alpha value is -2.79. The molecule has 4 unspecified atom stereocenters. The molecule has 4 heteroatoms. The van der Waals surface area contributed by atoms with Gasteiger partial charge in [-0.1, -0.05) is 105 Å². The fourth-order valence-corrected chi connectivity index (χ4v) is 9.83. The van der Waals surface area contributed by atoms with Crippen molar-refractivity contribution in [3.63, 3.8) is 0 Å². The zero-order valence-corrected chi connectivity index (χ0v) is 26.4. The quantitative estimate of drug-likeness (QED) is 0.250. The molecule has 9 atom stereocenters. The fraction of sp³-hybridized carbons (Fsp3) is 0.525. The Morgan fingerprint density at radius 2 is 1.16 bits per heavy atom. The monoisotopic (exact) mass is 592 g/mol. The summed E-state index contributed by atoms with van der Waals surface area (Å²) in [6.45, 7) is 6.59. The standard InChI is InChI=1S/C40H48O4/c1-39-22-20-31(42-25-28-12-6-3-7-13-28)24-34(39)37(43-26-29-14-8-4-9-15-29)38(44-27-30-16-10-5-11-17-30)36-32-18-19-35(41)40(32,2)23-21-33(36)39/h3-17,31-34,36-38H,18-27H2,1-2H3/t31-,32?,33?,34?,36?,37-,38-,39-,40+/m1/s1. The van der Waals surface area contributed by atoms with Crippen molar-refractivity contribution in [3.8, 4) is 0 Å². The highest BCUT2D eigenvalue weighted by atomic mass is 16.5. The molecule has 0 aliphatic heterocycles. The van der Waals surface area contributed by atoms with Crippen LogP contribution in [0.5, 0.6) is 0 Å². The second-order valence-corrected chi connectivity index (χ2v) is 14.5. The minimum Gasteiger partial charge on any atom is -0.374 e. The van der Waals surface area contributed by atoms with Crippen LogP contribution in [0.4, 0.5) is 0 Å². The number of benzene rings is 3. The van der Waals surface area contributed by atoms with Crippen molar-refractivity contribution in [2.45, 2.75) is 96.9 Å². The van der Waals surface area contributed by atoms with E-state index in [9.17, 15) is 4.79 Å². The van der Waals surface area contributed by atoms with Crippen molar-refractivity contribution in [1.82, 2.24) is 0 Å². The van der Waals surface area contributed by atoms with Crippen molar-refractivity contribution in [2.75, 3.05) is 0 Å². The third kappa shape index (κ3) is 5.59. The minimum absolute atomic E-state index is 0.0636. The number of carbonyl (C=O) groups excluding carboxylic acids is 1. The van der Waals surface area contributed by atoms with Crippen molar-refractivity contribution < 1.29 is 19.0 Å². The number of hydrogen-bond acceptors (Lipinski definition) is 4. The summed E-state index contributed by atoms with van der Waals surface area (Å²) < 4.78 is 20.9. The van der Waals surface area contributed by atoms with E-state index in [1.165, 1.54) is 16.7 Å². The molecule has 4 aliphatic rings. The molecular weight excluding hydrogens is 544 g/mol. The Bertz CT molecular complexity index is 1390. The first kappa shape index (κ1) is 29.9. The molecule has 0 radical (unpaired) electrons. The summed E-state index contributed by atoms with van der Waals surface area (Å²) in [4.78, 5) is 13.4. The average molecular weight is 593 g/mol. The van der Waals surface area contributed by atoms with Gasteiger partial charge in [-0.3, -0.25) is 4.79 Å². The molecule has 0 heterocycles. The zero-order chi connectivity index (χ0) is 30.1. The van der Waals surface area contributed by atoms with Crippen molar-refractivity contribution in [2.24, 2.45) is 34.5 Å². The number of Topliss-reactive ketones (excluding diaryl/α,β-unsaturated/α-hetero) is 1. The van der Waals surface area contributed by atoms with Crippen LogP contribution in [0.1, 0.15) is 75.5 Å². The first-order valence-corrected chi connectivity index (χ1v) is 17.0. The molecule has 0 N–H and O–H groups in total. The zero-order valence-electron chi connectivity index (χ0n) is 26.4. The lowest BCUT2D eigenvalue weighted by Crippen LogP contribution is -2.65. The van der Waals surface area contributed by atoms with Crippen LogP contribution in [-0.2, 0) is 38.8 Å². The molecular formula is C40H48O4. The molecule has 3 aromatic carbocycles. The minimum atomic E-state index is -0.237. The Balaban J connectivity index is 1.23. The summed E-state index contributed by atoms with van der Waals surface area (Å²) in [6.07, 6.45) is 7.06. The maximum atomic E-state index is 13.4. The van der Waals surface area contributed by atoms with Gasteiger partial charge in [0.25, 0.3) is 0 Å². The van der Waals surface area contributed by atoms with Gasteiger partial charge in [0.15, 0.2) is 0 Å². The molecule has 4 saturated carbocycles. The van der Waals surface area contributed by atoms with Gasteiger partial charge < -0.3 is 14.2 Å². The lowest BCUT2D eigenvalue weighted by molar-refractivity contribution is -0.252. The third-order valence-corrected chi connectivity index (χ3v) is 12.3. The molecule has 7 rings (SSSR count). The van der Waals surface area contributed by atoms with E-state index in [0.29, 0.717) is 55.7 Å². The van der Waals surface area contributed by atoms with Gasteiger partial charge in [0.1, 0.15) is 5.78 Å². The van der Waals surface area contributed by atoms with Gasteiger partial charge in [-0.2, -0.15) is 0 Å². The Morgan fingerprint density at radius 3 is 1.75 bits per heavy atom. The molecule has 4 aliphatic carbocycles. The summed E-state index contributed by atoms with van der Waals surface area (Å²) >= 11 is 0. The smallest absolute Gasteiger partial charge is 0.139 e. The highest BCUT2D eigenvalue weighted by Gasteiger charge is 2.66. The van der Waals surface area contributed by atoms with Crippen LogP contribution in [0.2, 0.25) is 0 Å². The molecule has 3 aromatic rings. The van der Waals surface area contributed by atoms with Crippen LogP contribution >= 0.6 is 0 Å². The van der Waals surface area contributed by atoms with Gasteiger partial charge in [0.2, 0.25) is 0 Å². The van der Waals surface area contributed by atoms with E-state index in [0.717, 1.165) is 38.5 Å². The van der Waals surface area contributed by atoms with Gasteiger partial charge in [0.05, 0.1) is 38.1 Å². The van der Waals surface area contributed by atoms with E-state index in [1.807, 2.05) is 0 Å². The molecule has 0 bridgehead atoms.